The molecule has 100 valence electrons. The van der Waals surface area contributed by atoms with Crippen molar-refractivity contribution < 1.29 is 0 Å². The first-order chi connectivity index (χ1) is 8.45. The molecule has 1 aromatic rings. The molecule has 0 atom stereocenters. The van der Waals surface area contributed by atoms with Gasteiger partial charge in [0.15, 0.2) is 0 Å². The minimum Gasteiger partial charge on any atom is -0.317 e. The van der Waals surface area contributed by atoms with Gasteiger partial charge in [0, 0.05) is 11.9 Å². The van der Waals surface area contributed by atoms with Gasteiger partial charge in [-0.2, -0.15) is 0 Å². The predicted octanol–water partition coefficient (Wildman–Crippen LogP) is 3.35. The van der Waals surface area contributed by atoms with Crippen molar-refractivity contribution in [1.82, 2.24) is 10.3 Å². The van der Waals surface area contributed by atoms with Crippen LogP contribution in [0.15, 0.2) is 18.3 Å². The predicted molar refractivity (Wildman–Crippen MR) is 76.7 cm³/mol. The normalized spacial score (nSPS) is 19.8. The number of aryl methyl sites for hydroxylation is 1. The quantitative estimate of drug-likeness (QED) is 0.865. The highest BCUT2D eigenvalue weighted by molar-refractivity contribution is 5.21. The van der Waals surface area contributed by atoms with Crippen LogP contribution in [-0.4, -0.2) is 18.1 Å². The van der Waals surface area contributed by atoms with Crippen molar-refractivity contribution in [3.05, 3.63) is 29.6 Å². The second-order valence-corrected chi connectivity index (χ2v) is 6.71. The third-order valence-electron chi connectivity index (χ3n) is 4.80. The third-order valence-corrected chi connectivity index (χ3v) is 4.80. The van der Waals surface area contributed by atoms with Crippen LogP contribution in [0.3, 0.4) is 0 Å². The van der Waals surface area contributed by atoms with Gasteiger partial charge in [-0.25, -0.2) is 0 Å². The molecule has 0 unspecified atom stereocenters. The number of hydrogen-bond acceptors (Lipinski definition) is 2. The van der Waals surface area contributed by atoms with Gasteiger partial charge in [-0.15, -0.1) is 0 Å². The van der Waals surface area contributed by atoms with Crippen LogP contribution in [0, 0.1) is 17.8 Å². The van der Waals surface area contributed by atoms with Gasteiger partial charge in [0.2, 0.25) is 0 Å². The lowest BCUT2D eigenvalue weighted by atomic mass is 9.59. The monoisotopic (exact) mass is 246 g/mol. The van der Waals surface area contributed by atoms with Crippen LogP contribution in [0.4, 0.5) is 0 Å². The largest absolute Gasteiger partial charge is 0.317 e. The lowest BCUT2D eigenvalue weighted by Crippen LogP contribution is -2.46. The Morgan fingerprint density at radius 3 is 2.50 bits per heavy atom. The van der Waals surface area contributed by atoms with Crippen LogP contribution < -0.4 is 5.32 Å². The summed E-state index contributed by atoms with van der Waals surface area (Å²) in [7, 11) is 0. The standard InChI is InChI=1S/C16H26N2/c1-13-14(6-5-9-18-13)12-16(15(2,3)4)7-10-17-11-8-16/h5-6,9,17H,7-8,10-12H2,1-4H3. The molecule has 0 aliphatic carbocycles. The van der Waals surface area contributed by atoms with Gasteiger partial charge in [0.25, 0.3) is 0 Å². The number of rotatable bonds is 2. The van der Waals surface area contributed by atoms with Gasteiger partial charge in [0.1, 0.15) is 0 Å². The summed E-state index contributed by atoms with van der Waals surface area (Å²) in [6.07, 6.45) is 5.60. The zero-order valence-electron chi connectivity index (χ0n) is 12.2. The number of aromatic nitrogens is 1. The molecule has 0 amide bonds. The van der Waals surface area contributed by atoms with E-state index < -0.39 is 0 Å². The van der Waals surface area contributed by atoms with Crippen LogP contribution in [-0.2, 0) is 6.42 Å². The van der Waals surface area contributed by atoms with Crippen LogP contribution in [0.2, 0.25) is 0 Å². The second-order valence-electron chi connectivity index (χ2n) is 6.71. The van der Waals surface area contributed by atoms with E-state index in [4.69, 9.17) is 0 Å². The zero-order valence-corrected chi connectivity index (χ0v) is 12.2. The van der Waals surface area contributed by atoms with E-state index in [1.54, 1.807) is 0 Å². The summed E-state index contributed by atoms with van der Waals surface area (Å²) in [6.45, 7) is 11.6. The van der Waals surface area contributed by atoms with E-state index in [1.165, 1.54) is 24.1 Å². The van der Waals surface area contributed by atoms with Crippen LogP contribution >= 0.6 is 0 Å². The number of piperidine rings is 1. The Bertz CT molecular complexity index is 398. The molecule has 1 aliphatic heterocycles. The SMILES string of the molecule is Cc1ncccc1CC1(C(C)(C)C)CCNCC1. The summed E-state index contributed by atoms with van der Waals surface area (Å²) in [5, 5.41) is 3.50. The number of pyridine rings is 1. The van der Waals surface area contributed by atoms with E-state index >= 15 is 0 Å². The van der Waals surface area contributed by atoms with Crippen molar-refractivity contribution in [3.8, 4) is 0 Å². The van der Waals surface area contributed by atoms with Gasteiger partial charge in [0.05, 0.1) is 0 Å². The van der Waals surface area contributed by atoms with Gasteiger partial charge in [-0.1, -0.05) is 26.8 Å². The molecule has 1 aromatic heterocycles. The van der Waals surface area contributed by atoms with E-state index in [0.717, 1.165) is 19.5 Å². The summed E-state index contributed by atoms with van der Waals surface area (Å²) in [5.74, 6) is 0. The molecule has 0 aromatic carbocycles. The number of nitrogens with one attached hydrogen (secondary N) is 1. The van der Waals surface area contributed by atoms with Crippen LogP contribution in [0.5, 0.6) is 0 Å². The smallest absolute Gasteiger partial charge is 0.0404 e. The van der Waals surface area contributed by atoms with E-state index in [1.807, 2.05) is 6.20 Å². The molecule has 2 heterocycles. The summed E-state index contributed by atoms with van der Waals surface area (Å²) < 4.78 is 0. The fraction of sp³-hybridized carbons (Fsp3) is 0.688. The zero-order chi connectivity index (χ0) is 13.2. The maximum Gasteiger partial charge on any atom is 0.0404 e. The topological polar surface area (TPSA) is 24.9 Å². The van der Waals surface area contributed by atoms with Crippen molar-refractivity contribution >= 4 is 0 Å². The highest BCUT2D eigenvalue weighted by atomic mass is 14.9. The Morgan fingerprint density at radius 1 is 1.28 bits per heavy atom. The van der Waals surface area contributed by atoms with E-state index in [-0.39, 0.29) is 0 Å². The summed E-state index contributed by atoms with van der Waals surface area (Å²) in [4.78, 5) is 4.44. The maximum atomic E-state index is 4.44. The molecule has 2 nitrogen and oxygen atoms in total. The fourth-order valence-corrected chi connectivity index (χ4v) is 3.17. The van der Waals surface area contributed by atoms with E-state index in [2.05, 4.69) is 50.1 Å². The maximum absolute atomic E-state index is 4.44. The van der Waals surface area contributed by atoms with Gasteiger partial charge >= 0.3 is 0 Å². The van der Waals surface area contributed by atoms with Gasteiger partial charge < -0.3 is 5.32 Å². The van der Waals surface area contributed by atoms with E-state index in [0.29, 0.717) is 10.8 Å². The lowest BCUT2D eigenvalue weighted by molar-refractivity contribution is 0.0466. The molecule has 1 fully saturated rings. The highest BCUT2D eigenvalue weighted by Crippen LogP contribution is 2.48. The molecule has 0 radical (unpaired) electrons. The Labute approximate surface area is 111 Å². The van der Waals surface area contributed by atoms with Gasteiger partial charge in [-0.05, 0) is 61.7 Å². The molecule has 2 rings (SSSR count). The Hall–Kier alpha value is -0.890. The minimum atomic E-state index is 0.345. The average Bonchev–Trinajstić information content (AvgIpc) is 2.32. The Morgan fingerprint density at radius 2 is 1.94 bits per heavy atom. The molecule has 1 saturated heterocycles. The molecule has 0 spiro atoms. The molecular formula is C16H26N2. The molecule has 2 heteroatoms. The first-order valence-electron chi connectivity index (χ1n) is 7.06. The molecule has 1 aliphatic rings. The molecule has 18 heavy (non-hydrogen) atoms. The fourth-order valence-electron chi connectivity index (χ4n) is 3.17. The van der Waals surface area contributed by atoms with Gasteiger partial charge in [-0.3, -0.25) is 4.98 Å². The average molecular weight is 246 g/mol. The van der Waals surface area contributed by atoms with Crippen LogP contribution in [0.1, 0.15) is 44.9 Å². The van der Waals surface area contributed by atoms with Crippen molar-refractivity contribution in [2.75, 3.05) is 13.1 Å². The Kier molecular flexibility index (Phi) is 3.76. The highest BCUT2D eigenvalue weighted by Gasteiger charge is 2.42. The lowest BCUT2D eigenvalue weighted by Gasteiger charge is -2.48. The Balaban J connectivity index is 2.29. The summed E-state index contributed by atoms with van der Waals surface area (Å²) >= 11 is 0. The van der Waals surface area contributed by atoms with Crippen molar-refractivity contribution in [2.24, 2.45) is 10.8 Å². The third kappa shape index (κ3) is 2.59. The first-order valence-corrected chi connectivity index (χ1v) is 7.06. The van der Waals surface area contributed by atoms with Crippen molar-refractivity contribution in [2.45, 2.75) is 47.0 Å². The summed E-state index contributed by atoms with van der Waals surface area (Å²) in [5.41, 5.74) is 3.37. The minimum absolute atomic E-state index is 0.345. The molecule has 0 saturated carbocycles. The second kappa shape index (κ2) is 5.00. The summed E-state index contributed by atoms with van der Waals surface area (Å²) in [6, 6.07) is 4.32. The number of nitrogens with zero attached hydrogens (tertiary/aromatic N) is 1. The number of hydrogen-bond donors (Lipinski definition) is 1. The first kappa shape index (κ1) is 13.5. The van der Waals surface area contributed by atoms with Crippen molar-refractivity contribution in [3.63, 3.8) is 0 Å². The van der Waals surface area contributed by atoms with Crippen LogP contribution in [0.25, 0.3) is 0 Å². The molecule has 0 bridgehead atoms. The molecule has 1 N–H and O–H groups in total. The molecular weight excluding hydrogens is 220 g/mol. The van der Waals surface area contributed by atoms with E-state index in [9.17, 15) is 0 Å². The van der Waals surface area contributed by atoms with Crippen molar-refractivity contribution in [1.29, 1.82) is 0 Å².